The Morgan fingerprint density at radius 3 is 0.766 bits per heavy atom. The predicted octanol–water partition coefficient (Wildman–Crippen LogP) is 19.0. The number of unbranched alkanes of at least 4 members (excludes halogenated alkanes) is 40. The molecule has 0 spiro atoms. The zero-order valence-electron chi connectivity index (χ0n) is 43.8. The van der Waals surface area contributed by atoms with E-state index >= 15 is 0 Å². The summed E-state index contributed by atoms with van der Waals surface area (Å²) in [4.78, 5) is 38.1. The highest BCUT2D eigenvalue weighted by molar-refractivity contribution is 5.71. The van der Waals surface area contributed by atoms with Crippen LogP contribution >= 0.6 is 0 Å². The Kier molecular flexibility index (Phi) is 51.1. The van der Waals surface area contributed by atoms with Crippen LogP contribution in [0.1, 0.15) is 329 Å². The van der Waals surface area contributed by atoms with Gasteiger partial charge < -0.3 is 14.2 Å². The Labute approximate surface area is 399 Å². The molecule has 0 aliphatic carbocycles. The van der Waals surface area contributed by atoms with Crippen LogP contribution < -0.4 is 0 Å². The van der Waals surface area contributed by atoms with E-state index < -0.39 is 6.10 Å². The van der Waals surface area contributed by atoms with Gasteiger partial charge >= 0.3 is 17.9 Å². The number of ether oxygens (including phenoxy) is 3. The molecule has 0 N–H and O–H groups in total. The smallest absolute Gasteiger partial charge is 0.306 e. The molecule has 1 atom stereocenters. The van der Waals surface area contributed by atoms with E-state index in [9.17, 15) is 14.4 Å². The van der Waals surface area contributed by atoms with Crippen molar-refractivity contribution in [3.05, 3.63) is 0 Å². The molecule has 380 valence electrons. The second-order valence-corrected chi connectivity index (χ2v) is 20.4. The fraction of sp³-hybridized carbons (Fsp3) is 0.948. The molecule has 0 aliphatic heterocycles. The molecule has 64 heavy (non-hydrogen) atoms. The molecule has 0 aliphatic rings. The maximum Gasteiger partial charge on any atom is 0.306 e. The van der Waals surface area contributed by atoms with Gasteiger partial charge in [-0.05, 0) is 25.2 Å². The molecule has 6 heteroatoms. The van der Waals surface area contributed by atoms with Crippen molar-refractivity contribution in [2.24, 2.45) is 5.92 Å². The number of rotatable bonds is 53. The summed E-state index contributed by atoms with van der Waals surface area (Å²) in [5.41, 5.74) is 0. The van der Waals surface area contributed by atoms with E-state index in [2.05, 4.69) is 27.7 Å². The maximum atomic E-state index is 12.8. The second kappa shape index (κ2) is 52.4. The lowest BCUT2D eigenvalue weighted by molar-refractivity contribution is -0.167. The van der Waals surface area contributed by atoms with Crippen LogP contribution in [0.25, 0.3) is 0 Å². The summed E-state index contributed by atoms with van der Waals surface area (Å²) in [7, 11) is 0. The van der Waals surface area contributed by atoms with Gasteiger partial charge in [0.2, 0.25) is 0 Å². The molecule has 0 aromatic carbocycles. The Morgan fingerprint density at radius 1 is 0.297 bits per heavy atom. The molecule has 0 rings (SSSR count). The normalized spacial score (nSPS) is 12.0. The average molecular weight is 906 g/mol. The van der Waals surface area contributed by atoms with Crippen LogP contribution in [0.4, 0.5) is 0 Å². The highest BCUT2D eigenvalue weighted by atomic mass is 16.6. The van der Waals surface area contributed by atoms with E-state index in [1.54, 1.807) is 0 Å². The molecule has 6 nitrogen and oxygen atoms in total. The first kappa shape index (κ1) is 62.4. The van der Waals surface area contributed by atoms with Crippen molar-refractivity contribution in [1.29, 1.82) is 0 Å². The minimum Gasteiger partial charge on any atom is -0.462 e. The lowest BCUT2D eigenvalue weighted by Crippen LogP contribution is -2.30. The summed E-state index contributed by atoms with van der Waals surface area (Å²) in [5.74, 6) is -0.00468. The Bertz CT molecular complexity index is 964. The van der Waals surface area contributed by atoms with Crippen LogP contribution in [0.3, 0.4) is 0 Å². The zero-order valence-corrected chi connectivity index (χ0v) is 43.8. The van der Waals surface area contributed by atoms with E-state index in [4.69, 9.17) is 14.2 Å². The van der Waals surface area contributed by atoms with Gasteiger partial charge in [-0.3, -0.25) is 14.4 Å². The molecule has 0 saturated heterocycles. The molecule has 0 saturated carbocycles. The minimum absolute atomic E-state index is 0.0620. The van der Waals surface area contributed by atoms with Crippen LogP contribution in [0.15, 0.2) is 0 Å². The van der Waals surface area contributed by atoms with Gasteiger partial charge in [0.05, 0.1) is 0 Å². The molecule has 0 aromatic heterocycles. The highest BCUT2D eigenvalue weighted by Crippen LogP contribution is 2.18. The van der Waals surface area contributed by atoms with E-state index in [1.165, 1.54) is 225 Å². The van der Waals surface area contributed by atoms with Crippen LogP contribution in [0.5, 0.6) is 0 Å². The number of carbonyl (C=O) groups is 3. The SMILES string of the molecule is CCCCCCCCCCCCCCCCCCCCCC(=O)OC[C@@H](COC(=O)CCCCCCCCCCCCCC)OC(=O)CCCCCCCCCCCCCCC(C)C. The maximum absolute atomic E-state index is 12.8. The van der Waals surface area contributed by atoms with Crippen molar-refractivity contribution in [2.45, 2.75) is 336 Å². The summed E-state index contributed by atoms with van der Waals surface area (Å²) in [6.07, 6.45) is 56.6. The van der Waals surface area contributed by atoms with Crippen LogP contribution in [0, 0.1) is 5.92 Å². The lowest BCUT2D eigenvalue weighted by atomic mass is 10.0. The van der Waals surface area contributed by atoms with Crippen molar-refractivity contribution < 1.29 is 28.6 Å². The van der Waals surface area contributed by atoms with Crippen LogP contribution in [0.2, 0.25) is 0 Å². The highest BCUT2D eigenvalue weighted by Gasteiger charge is 2.19. The molecule has 0 bridgehead atoms. The van der Waals surface area contributed by atoms with Crippen molar-refractivity contribution in [3.63, 3.8) is 0 Å². The summed E-state index contributed by atoms with van der Waals surface area (Å²) in [6, 6.07) is 0. The number of carbonyl (C=O) groups excluding carboxylic acids is 3. The van der Waals surface area contributed by atoms with Gasteiger partial charge in [0.15, 0.2) is 6.10 Å². The fourth-order valence-electron chi connectivity index (χ4n) is 8.92. The largest absolute Gasteiger partial charge is 0.462 e. The van der Waals surface area contributed by atoms with Crippen molar-refractivity contribution in [2.75, 3.05) is 13.2 Å². The quantitative estimate of drug-likeness (QED) is 0.0344. The Morgan fingerprint density at radius 2 is 0.516 bits per heavy atom. The van der Waals surface area contributed by atoms with Gasteiger partial charge in [-0.1, -0.05) is 291 Å². The fourth-order valence-corrected chi connectivity index (χ4v) is 8.92. The zero-order chi connectivity index (χ0) is 46.7. The topological polar surface area (TPSA) is 78.9 Å². The van der Waals surface area contributed by atoms with E-state index in [1.807, 2.05) is 0 Å². The van der Waals surface area contributed by atoms with Crippen LogP contribution in [-0.2, 0) is 28.6 Å². The molecule has 0 fully saturated rings. The molecule has 0 unspecified atom stereocenters. The number of hydrogen-bond donors (Lipinski definition) is 0. The van der Waals surface area contributed by atoms with Crippen molar-refractivity contribution in [3.8, 4) is 0 Å². The third kappa shape index (κ3) is 51.4. The van der Waals surface area contributed by atoms with Crippen molar-refractivity contribution in [1.82, 2.24) is 0 Å². The molecular formula is C58H112O6. The minimum atomic E-state index is -0.761. The number of hydrogen-bond acceptors (Lipinski definition) is 6. The van der Waals surface area contributed by atoms with Gasteiger partial charge in [0.25, 0.3) is 0 Å². The Balaban J connectivity index is 4.26. The Hall–Kier alpha value is -1.59. The molecule has 0 aromatic rings. The van der Waals surface area contributed by atoms with Gasteiger partial charge in [-0.15, -0.1) is 0 Å². The number of esters is 3. The lowest BCUT2D eigenvalue weighted by Gasteiger charge is -2.18. The van der Waals surface area contributed by atoms with E-state index in [0.29, 0.717) is 19.3 Å². The second-order valence-electron chi connectivity index (χ2n) is 20.4. The third-order valence-corrected chi connectivity index (χ3v) is 13.3. The summed E-state index contributed by atoms with van der Waals surface area (Å²) >= 11 is 0. The van der Waals surface area contributed by atoms with Gasteiger partial charge in [0, 0.05) is 19.3 Å². The molecule has 0 heterocycles. The van der Waals surface area contributed by atoms with Gasteiger partial charge in [-0.2, -0.15) is 0 Å². The van der Waals surface area contributed by atoms with Gasteiger partial charge in [0.1, 0.15) is 13.2 Å². The average Bonchev–Trinajstić information content (AvgIpc) is 3.28. The predicted molar refractivity (Wildman–Crippen MR) is 275 cm³/mol. The summed E-state index contributed by atoms with van der Waals surface area (Å²) in [6.45, 7) is 9.05. The van der Waals surface area contributed by atoms with Crippen molar-refractivity contribution >= 4 is 17.9 Å². The molecular weight excluding hydrogens is 793 g/mol. The monoisotopic (exact) mass is 905 g/mol. The first-order valence-electron chi connectivity index (χ1n) is 28.9. The molecule has 0 radical (unpaired) electrons. The summed E-state index contributed by atoms with van der Waals surface area (Å²) in [5, 5.41) is 0. The van der Waals surface area contributed by atoms with Gasteiger partial charge in [-0.25, -0.2) is 0 Å². The molecule has 0 amide bonds. The van der Waals surface area contributed by atoms with E-state index in [-0.39, 0.29) is 31.1 Å². The van der Waals surface area contributed by atoms with E-state index in [0.717, 1.165) is 63.7 Å². The first-order valence-corrected chi connectivity index (χ1v) is 28.9. The standard InChI is InChI=1S/C58H112O6/c1-5-7-9-11-13-15-17-19-20-21-22-23-24-25-30-34-38-42-46-50-57(60)63-53-55(52-62-56(59)49-45-41-37-33-29-18-16-14-12-10-8-6-2)64-58(61)51-47-43-39-35-31-27-26-28-32-36-40-44-48-54(3)4/h54-55H,5-53H2,1-4H3/t55-/m1/s1. The first-order chi connectivity index (χ1) is 31.4. The summed E-state index contributed by atoms with van der Waals surface area (Å²) < 4.78 is 16.9. The van der Waals surface area contributed by atoms with Crippen LogP contribution in [-0.4, -0.2) is 37.2 Å². The third-order valence-electron chi connectivity index (χ3n) is 13.3.